The van der Waals surface area contributed by atoms with Crippen LogP contribution < -0.4 is 11.1 Å². The van der Waals surface area contributed by atoms with Gasteiger partial charge in [0, 0.05) is 22.4 Å². The molecule has 1 amide bonds. The monoisotopic (exact) mass is 602 g/mol. The average Bonchev–Trinajstić information content (AvgIpc) is 3.40. The number of Topliss-reactive ketones (excluding diaryl/α,β-unsaturated/α-hetero) is 2. The summed E-state index contributed by atoms with van der Waals surface area (Å²) < 4.78 is 0. The van der Waals surface area contributed by atoms with Gasteiger partial charge in [0.05, 0.1) is 23.0 Å². The second-order valence-corrected chi connectivity index (χ2v) is 12.3. The van der Waals surface area contributed by atoms with E-state index in [0.29, 0.717) is 10.7 Å². The molecule has 222 valence electrons. The first-order chi connectivity index (χ1) is 20.3. The fraction of sp³-hybridized carbons (Fsp3) is 0.290. The predicted molar refractivity (Wildman–Crippen MR) is 160 cm³/mol. The third kappa shape index (κ3) is 4.24. The van der Waals surface area contributed by atoms with Crippen molar-refractivity contribution in [3.8, 4) is 17.0 Å². The van der Waals surface area contributed by atoms with Crippen LogP contribution in [0.1, 0.15) is 23.1 Å². The number of phenolic OH excluding ortho intramolecular Hbond substituents is 1. The van der Waals surface area contributed by atoms with Gasteiger partial charge in [-0.25, -0.2) is 4.98 Å². The lowest BCUT2D eigenvalue weighted by atomic mass is 9.57. The maximum absolute atomic E-state index is 14.0. The molecule has 43 heavy (non-hydrogen) atoms. The van der Waals surface area contributed by atoms with Crippen molar-refractivity contribution < 1.29 is 34.8 Å². The molecule has 3 aliphatic carbocycles. The Bertz CT molecular complexity index is 1790. The van der Waals surface area contributed by atoms with Gasteiger partial charge in [-0.05, 0) is 57.5 Å². The molecule has 1 fully saturated rings. The largest absolute Gasteiger partial charge is 0.508 e. The van der Waals surface area contributed by atoms with Crippen LogP contribution in [0.4, 0.5) is 10.8 Å². The van der Waals surface area contributed by atoms with E-state index in [1.165, 1.54) is 16.2 Å². The Labute approximate surface area is 250 Å². The number of ketones is 2. The molecule has 1 saturated carbocycles. The van der Waals surface area contributed by atoms with Gasteiger partial charge < -0.3 is 31.5 Å². The average molecular weight is 603 g/mol. The second-order valence-electron chi connectivity index (χ2n) is 11.5. The fourth-order valence-corrected chi connectivity index (χ4v) is 7.43. The van der Waals surface area contributed by atoms with Crippen molar-refractivity contribution in [1.82, 2.24) is 9.88 Å². The van der Waals surface area contributed by atoms with Crippen LogP contribution in [0, 0.1) is 18.8 Å². The second kappa shape index (κ2) is 10.0. The lowest BCUT2D eigenvalue weighted by Gasteiger charge is -2.50. The molecule has 4 atom stereocenters. The van der Waals surface area contributed by atoms with Crippen molar-refractivity contribution >= 4 is 45.4 Å². The van der Waals surface area contributed by atoms with Crippen molar-refractivity contribution in [3.05, 3.63) is 75.4 Å². The first-order valence-electron chi connectivity index (χ1n) is 13.6. The number of rotatable bonds is 5. The van der Waals surface area contributed by atoms with Crippen LogP contribution in [-0.2, 0) is 20.8 Å². The number of aromatic hydroxyl groups is 1. The summed E-state index contributed by atoms with van der Waals surface area (Å²) in [5, 5.41) is 50.9. The number of aryl methyl sites for hydroxylation is 1. The van der Waals surface area contributed by atoms with Crippen LogP contribution in [0.15, 0.2) is 58.7 Å². The molecule has 7 N–H and O–H groups in total. The van der Waals surface area contributed by atoms with Crippen LogP contribution in [0.5, 0.6) is 5.75 Å². The van der Waals surface area contributed by atoms with Crippen LogP contribution in [0.25, 0.3) is 17.0 Å². The number of amides is 1. The summed E-state index contributed by atoms with van der Waals surface area (Å²) >= 11 is 1.33. The fourth-order valence-electron chi connectivity index (χ4n) is 6.70. The van der Waals surface area contributed by atoms with Crippen LogP contribution in [0.2, 0.25) is 0 Å². The summed E-state index contributed by atoms with van der Waals surface area (Å²) in [6.45, 7) is 1.99. The molecular formula is C31H30N4O7S. The van der Waals surface area contributed by atoms with Crippen molar-refractivity contribution in [3.63, 3.8) is 0 Å². The number of nitrogens with two attached hydrogens (primary N) is 1. The Hall–Kier alpha value is -4.52. The minimum atomic E-state index is -2.68. The molecule has 0 bridgehead atoms. The highest BCUT2D eigenvalue weighted by Crippen LogP contribution is 2.53. The Morgan fingerprint density at radius 2 is 1.91 bits per heavy atom. The number of carbonyl (C=O) groups is 3. The molecular weight excluding hydrogens is 572 g/mol. The van der Waals surface area contributed by atoms with Crippen LogP contribution in [-0.4, -0.2) is 73.5 Å². The van der Waals surface area contributed by atoms with Crippen molar-refractivity contribution in [2.45, 2.75) is 31.4 Å². The van der Waals surface area contributed by atoms with E-state index in [0.717, 1.165) is 16.8 Å². The zero-order valence-electron chi connectivity index (χ0n) is 23.6. The van der Waals surface area contributed by atoms with E-state index in [1.54, 1.807) is 26.2 Å². The number of phenols is 1. The highest BCUT2D eigenvalue weighted by atomic mass is 32.1. The van der Waals surface area contributed by atoms with E-state index in [-0.39, 0.29) is 35.4 Å². The van der Waals surface area contributed by atoms with Crippen molar-refractivity contribution in [1.29, 1.82) is 0 Å². The zero-order valence-corrected chi connectivity index (χ0v) is 24.4. The van der Waals surface area contributed by atoms with Gasteiger partial charge in [-0.15, -0.1) is 11.3 Å². The van der Waals surface area contributed by atoms with Crippen LogP contribution in [0.3, 0.4) is 0 Å². The third-order valence-corrected chi connectivity index (χ3v) is 9.41. The molecule has 3 aliphatic rings. The lowest BCUT2D eigenvalue weighted by molar-refractivity contribution is -0.153. The normalized spacial score (nSPS) is 25.0. The van der Waals surface area contributed by atoms with E-state index in [4.69, 9.17) is 5.73 Å². The van der Waals surface area contributed by atoms with E-state index in [1.807, 2.05) is 36.6 Å². The number of anilines is 2. The van der Waals surface area contributed by atoms with Crippen molar-refractivity contribution in [2.75, 3.05) is 19.4 Å². The van der Waals surface area contributed by atoms with Crippen LogP contribution >= 0.6 is 11.3 Å². The summed E-state index contributed by atoms with van der Waals surface area (Å²) in [4.78, 5) is 45.4. The number of nitrogens with zero attached hydrogens (tertiary/aromatic N) is 2. The quantitative estimate of drug-likeness (QED) is 0.187. The maximum Gasteiger partial charge on any atom is 0.255 e. The summed E-state index contributed by atoms with van der Waals surface area (Å²) in [5.41, 5.74) is 5.26. The van der Waals surface area contributed by atoms with Gasteiger partial charge in [0.2, 0.25) is 5.78 Å². The summed E-state index contributed by atoms with van der Waals surface area (Å²) in [6, 6.07) is 10.1. The Balaban J connectivity index is 1.40. The van der Waals surface area contributed by atoms with Gasteiger partial charge >= 0.3 is 0 Å². The molecule has 0 spiro atoms. The summed E-state index contributed by atoms with van der Waals surface area (Å²) in [6.07, 6.45) is 0.254. The summed E-state index contributed by atoms with van der Waals surface area (Å²) in [5.74, 6) is -6.83. The van der Waals surface area contributed by atoms with E-state index < -0.39 is 58.0 Å². The SMILES string of the molecule is Cc1cccc(-c2csc(Nc3ccc4c(c3O)C(O)=C3C(=O)C5(O)C(O)=C(C(N)=O)C(=O)C(N(C)C)C5CC3C4)n2)c1. The molecule has 6 rings (SSSR count). The molecule has 4 unspecified atom stereocenters. The van der Waals surface area contributed by atoms with E-state index in [9.17, 15) is 34.8 Å². The number of nitrogens with one attached hydrogen (secondary N) is 1. The Morgan fingerprint density at radius 1 is 1.16 bits per heavy atom. The highest BCUT2D eigenvalue weighted by molar-refractivity contribution is 7.14. The molecule has 1 aromatic heterocycles. The first kappa shape index (κ1) is 28.6. The van der Waals surface area contributed by atoms with Gasteiger partial charge in [-0.1, -0.05) is 29.8 Å². The number of fused-ring (bicyclic) bond motifs is 3. The number of primary amides is 1. The number of aromatic nitrogens is 1. The number of thiazole rings is 1. The number of aliphatic hydroxyl groups excluding tert-OH is 2. The van der Waals surface area contributed by atoms with Gasteiger partial charge in [0.15, 0.2) is 16.5 Å². The van der Waals surface area contributed by atoms with E-state index >= 15 is 0 Å². The number of hydrogen-bond donors (Lipinski definition) is 6. The number of hydrogen-bond acceptors (Lipinski definition) is 11. The predicted octanol–water partition coefficient (Wildman–Crippen LogP) is 3.14. The number of aliphatic hydroxyl groups is 3. The standard InChI is InChI=1S/C31H30N4O7S/c1-13-5-4-6-14(9-13)19-12-43-30(34-19)33-18-8-7-15-10-16-11-17-23(35(2)3)26(38)22(29(32)41)28(40)31(17,42)27(39)21(16)25(37)20(15)24(18)36/h4-9,12,16-17,23,36-37,40,42H,10-11H2,1-3H3,(H2,32,41)(H,33,34). The Kier molecular flexibility index (Phi) is 6.68. The molecule has 0 saturated heterocycles. The minimum Gasteiger partial charge on any atom is -0.508 e. The molecule has 0 radical (unpaired) electrons. The molecule has 11 nitrogen and oxygen atoms in total. The highest BCUT2D eigenvalue weighted by Gasteiger charge is 2.64. The minimum absolute atomic E-state index is 0.0109. The van der Waals surface area contributed by atoms with Gasteiger partial charge in [0.25, 0.3) is 5.91 Å². The zero-order chi connectivity index (χ0) is 31.0. The molecule has 2 aromatic carbocycles. The molecule has 0 aliphatic heterocycles. The molecule has 1 heterocycles. The van der Waals surface area contributed by atoms with Gasteiger partial charge in [-0.3, -0.25) is 19.3 Å². The van der Waals surface area contributed by atoms with E-state index in [2.05, 4.69) is 10.3 Å². The number of benzene rings is 2. The van der Waals surface area contributed by atoms with Gasteiger partial charge in [0.1, 0.15) is 22.8 Å². The number of likely N-dealkylation sites (N-methyl/N-ethyl adjacent to an activating group) is 1. The topological polar surface area (TPSA) is 186 Å². The summed E-state index contributed by atoms with van der Waals surface area (Å²) in [7, 11) is 3.12. The van der Waals surface area contributed by atoms with Crippen molar-refractivity contribution in [2.24, 2.45) is 17.6 Å². The van der Waals surface area contributed by atoms with Gasteiger partial charge in [-0.2, -0.15) is 0 Å². The maximum atomic E-state index is 14.0. The molecule has 3 aromatic rings. The molecule has 12 heteroatoms. The number of carbonyl (C=O) groups excluding carboxylic acids is 3. The first-order valence-corrected chi connectivity index (χ1v) is 14.5. The Morgan fingerprint density at radius 3 is 2.58 bits per heavy atom. The lowest BCUT2D eigenvalue weighted by Crippen LogP contribution is -2.65. The smallest absolute Gasteiger partial charge is 0.255 e. The third-order valence-electron chi connectivity index (χ3n) is 8.65.